The van der Waals surface area contributed by atoms with Crippen molar-refractivity contribution in [2.45, 2.75) is 19.9 Å². The van der Waals surface area contributed by atoms with Gasteiger partial charge in [-0.1, -0.05) is 42.8 Å². The molecule has 0 amide bonds. The van der Waals surface area contributed by atoms with E-state index < -0.39 is 0 Å². The van der Waals surface area contributed by atoms with Crippen LogP contribution in [0.25, 0.3) is 0 Å². The third kappa shape index (κ3) is 2.86. The Hall–Kier alpha value is -0.790. The third-order valence-corrected chi connectivity index (χ3v) is 2.36. The Kier molecular flexibility index (Phi) is 4.18. The summed E-state index contributed by atoms with van der Waals surface area (Å²) in [6.07, 6.45) is 0. The van der Waals surface area contributed by atoms with Gasteiger partial charge in [0, 0.05) is 5.02 Å². The summed E-state index contributed by atoms with van der Waals surface area (Å²) in [5.41, 5.74) is 2.33. The molecule has 76 valence electrons. The average Bonchev–Trinajstić information content (AvgIpc) is 2.15. The van der Waals surface area contributed by atoms with Gasteiger partial charge in [0.25, 0.3) is 0 Å². The first-order chi connectivity index (χ1) is 6.65. The van der Waals surface area contributed by atoms with E-state index in [1.807, 2.05) is 31.2 Å². The van der Waals surface area contributed by atoms with Crippen LogP contribution in [0.5, 0.6) is 0 Å². The fourth-order valence-electron chi connectivity index (χ4n) is 1.44. The maximum absolute atomic E-state index is 5.83. The number of halogens is 1. The highest BCUT2D eigenvalue weighted by atomic mass is 35.5. The lowest BCUT2D eigenvalue weighted by molar-refractivity contribution is 0.621. The fraction of sp³-hybridized carbons (Fsp3) is 0.333. The molecule has 1 aromatic rings. The number of nitrogens with one attached hydrogen (secondary N) is 1. The van der Waals surface area contributed by atoms with E-state index in [1.54, 1.807) is 0 Å². The minimum Gasteiger partial charge on any atom is -0.307 e. The maximum Gasteiger partial charge on any atom is 0.0530 e. The van der Waals surface area contributed by atoms with Gasteiger partial charge in [-0.2, -0.15) is 0 Å². The van der Waals surface area contributed by atoms with Crippen molar-refractivity contribution >= 4 is 11.6 Å². The summed E-state index contributed by atoms with van der Waals surface area (Å²) in [6, 6.07) is 8.11. The molecule has 0 heterocycles. The molecule has 0 radical (unpaired) electrons. The fourth-order valence-corrected chi connectivity index (χ4v) is 1.56. The van der Waals surface area contributed by atoms with Gasteiger partial charge >= 0.3 is 0 Å². The standard InChI is InChI=1S/C12H16ClN/c1-4-14-12(9(2)3)10-5-7-11(13)8-6-10/h5-8,12,14H,2,4H2,1,3H3. The molecule has 0 aliphatic carbocycles. The summed E-state index contributed by atoms with van der Waals surface area (Å²) in [5.74, 6) is 0. The lowest BCUT2D eigenvalue weighted by Crippen LogP contribution is -2.21. The first-order valence-corrected chi connectivity index (χ1v) is 5.17. The van der Waals surface area contributed by atoms with Crippen LogP contribution < -0.4 is 5.32 Å². The minimum atomic E-state index is 0.234. The van der Waals surface area contributed by atoms with Crippen LogP contribution in [0.4, 0.5) is 0 Å². The molecular formula is C12H16ClN. The Morgan fingerprint density at radius 1 is 1.43 bits per heavy atom. The predicted octanol–water partition coefficient (Wildman–Crippen LogP) is 3.57. The molecule has 1 atom stereocenters. The zero-order chi connectivity index (χ0) is 10.6. The van der Waals surface area contributed by atoms with Crippen LogP contribution >= 0.6 is 11.6 Å². The van der Waals surface area contributed by atoms with Gasteiger partial charge < -0.3 is 5.32 Å². The van der Waals surface area contributed by atoms with Crippen molar-refractivity contribution in [1.29, 1.82) is 0 Å². The van der Waals surface area contributed by atoms with Crippen LogP contribution in [0, 0.1) is 0 Å². The molecule has 1 nitrogen and oxygen atoms in total. The van der Waals surface area contributed by atoms with Gasteiger partial charge in [-0.25, -0.2) is 0 Å². The average molecular weight is 210 g/mol. The van der Waals surface area contributed by atoms with Gasteiger partial charge in [-0.15, -0.1) is 0 Å². The molecule has 0 spiro atoms. The number of hydrogen-bond donors (Lipinski definition) is 1. The van der Waals surface area contributed by atoms with Gasteiger partial charge in [-0.3, -0.25) is 0 Å². The number of benzene rings is 1. The molecule has 0 fully saturated rings. The van der Waals surface area contributed by atoms with Crippen LogP contribution in [0.1, 0.15) is 25.5 Å². The van der Waals surface area contributed by atoms with Crippen LogP contribution in [-0.2, 0) is 0 Å². The SMILES string of the molecule is C=C(C)C(NCC)c1ccc(Cl)cc1. The first kappa shape index (κ1) is 11.3. The quantitative estimate of drug-likeness (QED) is 0.748. The lowest BCUT2D eigenvalue weighted by atomic mass is 10.0. The second kappa shape index (κ2) is 5.18. The molecule has 0 aliphatic heterocycles. The zero-order valence-corrected chi connectivity index (χ0v) is 9.43. The van der Waals surface area contributed by atoms with E-state index in [0.717, 1.165) is 17.1 Å². The summed E-state index contributed by atoms with van der Waals surface area (Å²) < 4.78 is 0. The van der Waals surface area contributed by atoms with E-state index in [1.165, 1.54) is 5.56 Å². The van der Waals surface area contributed by atoms with E-state index in [-0.39, 0.29) is 6.04 Å². The number of likely N-dealkylation sites (N-methyl/N-ethyl adjacent to an activating group) is 1. The molecule has 0 aromatic heterocycles. The number of rotatable bonds is 4. The highest BCUT2D eigenvalue weighted by Crippen LogP contribution is 2.21. The van der Waals surface area contributed by atoms with Crippen LogP contribution in [0.3, 0.4) is 0 Å². The summed E-state index contributed by atoms with van der Waals surface area (Å²) >= 11 is 5.83. The highest BCUT2D eigenvalue weighted by Gasteiger charge is 2.09. The van der Waals surface area contributed by atoms with E-state index in [0.29, 0.717) is 0 Å². The topological polar surface area (TPSA) is 12.0 Å². The molecule has 0 bridgehead atoms. The van der Waals surface area contributed by atoms with Crippen molar-refractivity contribution in [3.05, 3.63) is 47.0 Å². The van der Waals surface area contributed by atoms with Crippen molar-refractivity contribution in [1.82, 2.24) is 5.32 Å². The van der Waals surface area contributed by atoms with Crippen molar-refractivity contribution in [2.75, 3.05) is 6.54 Å². The molecule has 0 aliphatic rings. The van der Waals surface area contributed by atoms with E-state index in [9.17, 15) is 0 Å². The predicted molar refractivity (Wildman–Crippen MR) is 62.7 cm³/mol. The van der Waals surface area contributed by atoms with E-state index in [4.69, 9.17) is 11.6 Å². The number of hydrogen-bond acceptors (Lipinski definition) is 1. The molecule has 1 N–H and O–H groups in total. The zero-order valence-electron chi connectivity index (χ0n) is 8.68. The molecule has 1 unspecified atom stereocenters. The summed E-state index contributed by atoms with van der Waals surface area (Å²) in [6.45, 7) is 9.03. The molecule has 0 saturated carbocycles. The van der Waals surface area contributed by atoms with Crippen LogP contribution in [0.2, 0.25) is 5.02 Å². The van der Waals surface area contributed by atoms with Gasteiger partial charge in [0.1, 0.15) is 0 Å². The third-order valence-electron chi connectivity index (χ3n) is 2.10. The lowest BCUT2D eigenvalue weighted by Gasteiger charge is -2.18. The molecular weight excluding hydrogens is 194 g/mol. The largest absolute Gasteiger partial charge is 0.307 e. The van der Waals surface area contributed by atoms with Gasteiger partial charge in [0.2, 0.25) is 0 Å². The Morgan fingerprint density at radius 3 is 2.43 bits per heavy atom. The normalized spacial score (nSPS) is 12.5. The Balaban J connectivity index is 2.87. The second-order valence-electron chi connectivity index (χ2n) is 3.39. The van der Waals surface area contributed by atoms with E-state index >= 15 is 0 Å². The monoisotopic (exact) mass is 209 g/mol. The second-order valence-corrected chi connectivity index (χ2v) is 3.83. The van der Waals surface area contributed by atoms with Gasteiger partial charge in [-0.05, 0) is 31.2 Å². The summed E-state index contributed by atoms with van der Waals surface area (Å²) in [7, 11) is 0. The first-order valence-electron chi connectivity index (χ1n) is 4.79. The molecule has 2 heteroatoms. The molecule has 1 rings (SSSR count). The van der Waals surface area contributed by atoms with Crippen LogP contribution in [-0.4, -0.2) is 6.54 Å². The van der Waals surface area contributed by atoms with Gasteiger partial charge in [0.15, 0.2) is 0 Å². The van der Waals surface area contributed by atoms with Crippen molar-refractivity contribution < 1.29 is 0 Å². The van der Waals surface area contributed by atoms with Crippen molar-refractivity contribution in [3.8, 4) is 0 Å². The van der Waals surface area contributed by atoms with E-state index in [2.05, 4.69) is 18.8 Å². The van der Waals surface area contributed by atoms with Crippen LogP contribution in [0.15, 0.2) is 36.4 Å². The van der Waals surface area contributed by atoms with Gasteiger partial charge in [0.05, 0.1) is 6.04 Å². The maximum atomic E-state index is 5.83. The summed E-state index contributed by atoms with van der Waals surface area (Å²) in [4.78, 5) is 0. The minimum absolute atomic E-state index is 0.234. The Bertz CT molecular complexity index is 303. The Labute approximate surface area is 90.8 Å². The highest BCUT2D eigenvalue weighted by molar-refractivity contribution is 6.30. The smallest absolute Gasteiger partial charge is 0.0530 e. The molecule has 14 heavy (non-hydrogen) atoms. The van der Waals surface area contributed by atoms with Crippen molar-refractivity contribution in [3.63, 3.8) is 0 Å². The molecule has 1 aromatic carbocycles. The van der Waals surface area contributed by atoms with Crippen molar-refractivity contribution in [2.24, 2.45) is 0 Å². The summed E-state index contributed by atoms with van der Waals surface area (Å²) in [5, 5.41) is 4.14. The Morgan fingerprint density at radius 2 is 2.00 bits per heavy atom. The molecule has 0 saturated heterocycles.